The smallest absolute Gasteiger partial charge is 0.119 e. The van der Waals surface area contributed by atoms with Crippen LogP contribution >= 0.6 is 0 Å². The van der Waals surface area contributed by atoms with Crippen LogP contribution in [-0.4, -0.2) is 22.9 Å². The van der Waals surface area contributed by atoms with E-state index in [1.807, 2.05) is 51.2 Å². The molecule has 2 aromatic rings. The molecule has 4 nitrogen and oxygen atoms in total. The van der Waals surface area contributed by atoms with Crippen LogP contribution in [-0.2, 0) is 7.05 Å². The summed E-state index contributed by atoms with van der Waals surface area (Å²) in [5.74, 6) is 0.679. The van der Waals surface area contributed by atoms with Crippen molar-refractivity contribution in [1.29, 1.82) is 0 Å². The van der Waals surface area contributed by atoms with Crippen LogP contribution < -0.4 is 10.5 Å². The molecular weight excluding hydrogens is 269 g/mol. The number of nitrogens with two attached hydrogens (primary N) is 1. The predicted molar refractivity (Wildman–Crippen MR) is 83.7 cm³/mol. The summed E-state index contributed by atoms with van der Waals surface area (Å²) in [5.41, 5.74) is 7.86. The monoisotopic (exact) mass is 291 g/mol. The number of aryl methyl sites for hydroxylation is 1. The van der Waals surface area contributed by atoms with Crippen molar-refractivity contribution in [1.82, 2.24) is 9.78 Å². The van der Waals surface area contributed by atoms with Crippen molar-refractivity contribution in [2.45, 2.75) is 13.8 Å². The Kier molecular flexibility index (Phi) is 7.18. The third kappa shape index (κ3) is 4.72. The van der Waals surface area contributed by atoms with E-state index >= 15 is 0 Å². The highest BCUT2D eigenvalue weighted by atomic mass is 19.1. The van der Waals surface area contributed by atoms with E-state index in [1.165, 1.54) is 0 Å². The fourth-order valence-corrected chi connectivity index (χ4v) is 1.69. The fraction of sp³-hybridized carbons (Fsp3) is 0.312. The minimum atomic E-state index is 0.156. The zero-order valence-electron chi connectivity index (χ0n) is 12.7. The molecule has 0 aliphatic heterocycles. The number of ether oxygens (including phenoxy) is 1. The highest BCUT2D eigenvalue weighted by molar-refractivity contribution is 5.60. The van der Waals surface area contributed by atoms with Crippen LogP contribution in [0.5, 0.6) is 5.75 Å². The molecule has 0 amide bonds. The fourth-order valence-electron chi connectivity index (χ4n) is 1.69. The van der Waals surface area contributed by atoms with E-state index in [4.69, 9.17) is 10.5 Å². The van der Waals surface area contributed by atoms with Crippen LogP contribution in [0.25, 0.3) is 11.3 Å². The van der Waals surface area contributed by atoms with Crippen LogP contribution in [0.4, 0.5) is 4.39 Å². The molecule has 21 heavy (non-hydrogen) atoms. The lowest BCUT2D eigenvalue weighted by Gasteiger charge is -2.08. The molecular formula is C16H22FN3O. The van der Waals surface area contributed by atoms with Crippen LogP contribution in [0.1, 0.15) is 13.8 Å². The number of hydrogen-bond donors (Lipinski definition) is 1. The van der Waals surface area contributed by atoms with Crippen LogP contribution in [0.15, 0.2) is 48.4 Å². The van der Waals surface area contributed by atoms with E-state index in [2.05, 4.69) is 5.10 Å². The average molecular weight is 291 g/mol. The summed E-state index contributed by atoms with van der Waals surface area (Å²) < 4.78 is 19.6. The SMILES string of the molecule is CC.Cn1nccc1-c1ccc(OC/C(=C\F)CN)cc1. The molecule has 0 radical (unpaired) electrons. The maximum atomic E-state index is 12.3. The molecule has 0 aliphatic rings. The average Bonchev–Trinajstić information content (AvgIpc) is 2.97. The van der Waals surface area contributed by atoms with Crippen molar-refractivity contribution in [2.24, 2.45) is 12.8 Å². The largest absolute Gasteiger partial charge is 0.489 e. The summed E-state index contributed by atoms with van der Waals surface area (Å²) in [4.78, 5) is 0. The highest BCUT2D eigenvalue weighted by Gasteiger charge is 2.03. The minimum absolute atomic E-state index is 0.156. The molecule has 0 unspecified atom stereocenters. The Labute approximate surface area is 125 Å². The molecule has 1 heterocycles. The van der Waals surface area contributed by atoms with E-state index in [9.17, 15) is 4.39 Å². The van der Waals surface area contributed by atoms with E-state index in [1.54, 1.807) is 10.9 Å². The second kappa shape index (κ2) is 8.92. The topological polar surface area (TPSA) is 53.1 Å². The van der Waals surface area contributed by atoms with Crippen LogP contribution in [0, 0.1) is 0 Å². The highest BCUT2D eigenvalue weighted by Crippen LogP contribution is 2.21. The molecule has 114 valence electrons. The van der Waals surface area contributed by atoms with Crippen molar-refractivity contribution in [2.75, 3.05) is 13.2 Å². The molecule has 0 aliphatic carbocycles. The molecule has 0 saturated carbocycles. The van der Waals surface area contributed by atoms with E-state index in [0.717, 1.165) is 11.3 Å². The molecule has 1 aromatic heterocycles. The number of halogens is 1. The van der Waals surface area contributed by atoms with Crippen molar-refractivity contribution in [3.63, 3.8) is 0 Å². The van der Waals surface area contributed by atoms with Gasteiger partial charge in [-0.2, -0.15) is 5.10 Å². The first-order valence-corrected chi connectivity index (χ1v) is 6.94. The summed E-state index contributed by atoms with van der Waals surface area (Å²) in [5, 5.41) is 4.12. The molecule has 1 aromatic carbocycles. The first kappa shape index (κ1) is 16.9. The summed E-state index contributed by atoms with van der Waals surface area (Å²) in [6.45, 7) is 4.32. The van der Waals surface area contributed by atoms with Crippen molar-refractivity contribution in [3.05, 3.63) is 48.4 Å². The van der Waals surface area contributed by atoms with Gasteiger partial charge in [0.2, 0.25) is 0 Å². The van der Waals surface area contributed by atoms with Gasteiger partial charge in [0.1, 0.15) is 12.4 Å². The Balaban J connectivity index is 0.00000106. The predicted octanol–water partition coefficient (Wildman–Crippen LogP) is 3.30. The van der Waals surface area contributed by atoms with Gasteiger partial charge in [0.25, 0.3) is 0 Å². The summed E-state index contributed by atoms with van der Waals surface area (Å²) >= 11 is 0. The number of rotatable bonds is 5. The van der Waals surface area contributed by atoms with Gasteiger partial charge in [-0.05, 0) is 30.3 Å². The Bertz CT molecular complexity index is 561. The first-order valence-electron chi connectivity index (χ1n) is 6.94. The van der Waals surface area contributed by atoms with Crippen molar-refractivity contribution in [3.8, 4) is 17.0 Å². The van der Waals surface area contributed by atoms with E-state index < -0.39 is 0 Å². The molecule has 0 fully saturated rings. The zero-order chi connectivity index (χ0) is 15.7. The van der Waals surface area contributed by atoms with Gasteiger partial charge < -0.3 is 10.5 Å². The second-order valence-electron chi connectivity index (χ2n) is 4.12. The maximum Gasteiger partial charge on any atom is 0.119 e. The molecule has 2 rings (SSSR count). The van der Waals surface area contributed by atoms with Gasteiger partial charge in [0, 0.05) is 30.9 Å². The standard InChI is InChI=1S/C14H16FN3O.C2H6/c1-18-14(6-7-17-18)12-2-4-13(5-3-12)19-10-11(8-15)9-16;1-2/h2-8H,9-10,16H2,1H3;1-2H3/b11-8-;. The van der Waals surface area contributed by atoms with Gasteiger partial charge in [-0.15, -0.1) is 0 Å². The number of aromatic nitrogens is 2. The molecule has 0 bridgehead atoms. The minimum Gasteiger partial charge on any atom is -0.489 e. The van der Waals surface area contributed by atoms with Gasteiger partial charge in [-0.1, -0.05) is 13.8 Å². The maximum absolute atomic E-state index is 12.3. The van der Waals surface area contributed by atoms with Crippen LogP contribution in [0.3, 0.4) is 0 Å². The van der Waals surface area contributed by atoms with E-state index in [0.29, 0.717) is 17.7 Å². The summed E-state index contributed by atoms with van der Waals surface area (Å²) in [7, 11) is 1.89. The van der Waals surface area contributed by atoms with Gasteiger partial charge in [-0.3, -0.25) is 4.68 Å². The first-order chi connectivity index (χ1) is 10.2. The van der Waals surface area contributed by atoms with Gasteiger partial charge in [-0.25, -0.2) is 4.39 Å². The van der Waals surface area contributed by atoms with Gasteiger partial charge in [0.05, 0.1) is 12.0 Å². The molecule has 0 saturated heterocycles. The zero-order valence-corrected chi connectivity index (χ0v) is 12.7. The van der Waals surface area contributed by atoms with Gasteiger partial charge in [0.15, 0.2) is 0 Å². The molecule has 0 atom stereocenters. The second-order valence-corrected chi connectivity index (χ2v) is 4.12. The number of hydrogen-bond acceptors (Lipinski definition) is 3. The van der Waals surface area contributed by atoms with Crippen LogP contribution in [0.2, 0.25) is 0 Å². The Morgan fingerprint density at radius 3 is 2.43 bits per heavy atom. The summed E-state index contributed by atoms with van der Waals surface area (Å²) in [6, 6.07) is 9.50. The third-order valence-electron chi connectivity index (χ3n) is 2.81. The van der Waals surface area contributed by atoms with Crippen molar-refractivity contribution < 1.29 is 9.13 Å². The molecule has 0 spiro atoms. The number of nitrogens with zero attached hydrogens (tertiary/aromatic N) is 2. The number of benzene rings is 1. The Morgan fingerprint density at radius 1 is 1.29 bits per heavy atom. The normalized spacial score (nSPS) is 10.8. The lowest BCUT2D eigenvalue weighted by molar-refractivity contribution is 0.347. The van der Waals surface area contributed by atoms with Crippen molar-refractivity contribution >= 4 is 0 Å². The van der Waals surface area contributed by atoms with E-state index in [-0.39, 0.29) is 13.2 Å². The summed E-state index contributed by atoms with van der Waals surface area (Å²) in [6.07, 6.45) is 2.24. The third-order valence-corrected chi connectivity index (χ3v) is 2.81. The lowest BCUT2D eigenvalue weighted by atomic mass is 10.1. The molecule has 5 heteroatoms. The quantitative estimate of drug-likeness (QED) is 0.919. The molecule has 2 N–H and O–H groups in total. The lowest BCUT2D eigenvalue weighted by Crippen LogP contribution is -2.10. The Hall–Kier alpha value is -2.14. The Morgan fingerprint density at radius 2 is 1.95 bits per heavy atom. The van der Waals surface area contributed by atoms with Gasteiger partial charge >= 0.3 is 0 Å².